The summed E-state index contributed by atoms with van der Waals surface area (Å²) in [7, 11) is 1.37. The maximum Gasteiger partial charge on any atom is 0.338 e. The van der Waals surface area contributed by atoms with E-state index in [1.165, 1.54) is 18.4 Å². The first kappa shape index (κ1) is 28.2. The Kier molecular flexibility index (Phi) is 8.52. The van der Waals surface area contributed by atoms with Crippen LogP contribution >= 0.6 is 23.3 Å². The van der Waals surface area contributed by atoms with Gasteiger partial charge in [0.1, 0.15) is 21.6 Å². The highest BCUT2D eigenvalue weighted by atomic mass is 32.2. The Hall–Kier alpha value is -2.85. The van der Waals surface area contributed by atoms with E-state index >= 15 is 4.39 Å². The number of rotatable bonds is 9. The summed E-state index contributed by atoms with van der Waals surface area (Å²) in [6.07, 6.45) is 4.02. The molecule has 10 heteroatoms. The number of anilines is 1. The number of nitrogens with zero attached hydrogens (tertiary/aromatic N) is 1. The SMILES string of the molecule is COc1cc(C(=O)O)c(F)cc1NSc1csc(-c2ccc(C3CCC(C)(C)CC3)c(OC(C)C)c2F)n1. The molecule has 204 valence electrons. The first-order chi connectivity index (χ1) is 18.0. The molecular weight excluding hydrogens is 530 g/mol. The van der Waals surface area contributed by atoms with E-state index in [1.54, 1.807) is 11.4 Å². The van der Waals surface area contributed by atoms with Crippen molar-refractivity contribution >= 4 is 34.9 Å². The highest BCUT2D eigenvalue weighted by molar-refractivity contribution is 8.00. The Morgan fingerprint density at radius 1 is 1.24 bits per heavy atom. The lowest BCUT2D eigenvalue weighted by Gasteiger charge is -2.35. The minimum atomic E-state index is -1.38. The Labute approximate surface area is 229 Å². The molecule has 0 amide bonds. The van der Waals surface area contributed by atoms with Crippen LogP contribution in [0.5, 0.6) is 11.5 Å². The van der Waals surface area contributed by atoms with Crippen molar-refractivity contribution in [1.82, 2.24) is 4.98 Å². The van der Waals surface area contributed by atoms with Crippen LogP contribution in [0, 0.1) is 17.0 Å². The van der Waals surface area contributed by atoms with Gasteiger partial charge in [0.05, 0.1) is 30.0 Å². The number of aromatic nitrogens is 1. The molecule has 2 aromatic carbocycles. The molecule has 0 saturated heterocycles. The molecule has 0 unspecified atom stereocenters. The van der Waals surface area contributed by atoms with Crippen LogP contribution in [-0.2, 0) is 0 Å². The highest BCUT2D eigenvalue weighted by Gasteiger charge is 2.31. The van der Waals surface area contributed by atoms with Gasteiger partial charge in [0.15, 0.2) is 11.6 Å². The molecule has 3 aromatic rings. The monoisotopic (exact) mass is 562 g/mol. The summed E-state index contributed by atoms with van der Waals surface area (Å²) in [5.41, 5.74) is 1.37. The van der Waals surface area contributed by atoms with Gasteiger partial charge in [-0.2, -0.15) is 0 Å². The predicted octanol–water partition coefficient (Wildman–Crippen LogP) is 8.39. The van der Waals surface area contributed by atoms with Gasteiger partial charge in [-0.25, -0.2) is 18.6 Å². The zero-order valence-corrected chi connectivity index (χ0v) is 23.7. The van der Waals surface area contributed by atoms with Gasteiger partial charge >= 0.3 is 5.97 Å². The topological polar surface area (TPSA) is 80.7 Å². The molecule has 1 fully saturated rings. The number of nitrogens with one attached hydrogen (secondary N) is 1. The first-order valence-electron chi connectivity index (χ1n) is 12.5. The van der Waals surface area contributed by atoms with E-state index in [0.29, 0.717) is 26.8 Å². The molecule has 1 aromatic heterocycles. The number of ether oxygens (including phenoxy) is 2. The lowest BCUT2D eigenvalue weighted by molar-refractivity contribution is 0.0691. The summed E-state index contributed by atoms with van der Waals surface area (Å²) >= 11 is 2.38. The summed E-state index contributed by atoms with van der Waals surface area (Å²) < 4.78 is 44.3. The maximum absolute atomic E-state index is 15.9. The fourth-order valence-corrected chi connectivity index (χ4v) is 6.23. The van der Waals surface area contributed by atoms with E-state index in [9.17, 15) is 9.18 Å². The van der Waals surface area contributed by atoms with Gasteiger partial charge < -0.3 is 19.3 Å². The Morgan fingerprint density at radius 3 is 2.58 bits per heavy atom. The van der Waals surface area contributed by atoms with Crippen molar-refractivity contribution in [3.63, 3.8) is 0 Å². The molecule has 0 spiro atoms. The number of carboxylic acids is 1. The van der Waals surface area contributed by atoms with Crippen molar-refractivity contribution in [3.05, 3.63) is 52.4 Å². The van der Waals surface area contributed by atoms with Crippen LogP contribution in [0.2, 0.25) is 0 Å². The quantitative estimate of drug-likeness (QED) is 0.254. The fourth-order valence-electron chi connectivity index (χ4n) is 4.63. The van der Waals surface area contributed by atoms with Crippen LogP contribution < -0.4 is 14.2 Å². The highest BCUT2D eigenvalue weighted by Crippen LogP contribution is 2.47. The third-order valence-corrected chi connectivity index (χ3v) is 8.52. The van der Waals surface area contributed by atoms with E-state index in [1.807, 2.05) is 19.9 Å². The van der Waals surface area contributed by atoms with Gasteiger partial charge in [0.25, 0.3) is 0 Å². The molecule has 0 bridgehead atoms. The summed E-state index contributed by atoms with van der Waals surface area (Å²) in [6, 6.07) is 5.93. The third-order valence-electron chi connectivity index (χ3n) is 6.76. The van der Waals surface area contributed by atoms with Crippen LogP contribution in [0.1, 0.15) is 75.2 Å². The summed E-state index contributed by atoms with van der Waals surface area (Å²) in [4.78, 5) is 15.8. The van der Waals surface area contributed by atoms with Crippen LogP contribution in [-0.4, -0.2) is 29.3 Å². The summed E-state index contributed by atoms with van der Waals surface area (Å²) in [5.74, 6) is -1.94. The smallest absolute Gasteiger partial charge is 0.338 e. The molecule has 4 rings (SSSR count). The molecule has 0 radical (unpaired) electrons. The van der Waals surface area contributed by atoms with Gasteiger partial charge in [0.2, 0.25) is 0 Å². The number of carbonyl (C=O) groups is 1. The average Bonchev–Trinajstić information content (AvgIpc) is 3.32. The second-order valence-corrected chi connectivity index (χ2v) is 12.2. The standard InChI is InChI=1S/C28H32F2N2O4S2/c1-15(2)36-25-17(16-8-10-28(3,4)11-9-16)6-7-18(24(25)30)26-31-23(14-37-26)38-32-21-13-20(29)19(27(33)34)12-22(21)35-5/h6-7,12-16,32H,8-11H2,1-5H3,(H,33,34). The van der Waals surface area contributed by atoms with Crippen molar-refractivity contribution in [3.8, 4) is 22.1 Å². The lowest BCUT2D eigenvalue weighted by Crippen LogP contribution is -2.21. The lowest BCUT2D eigenvalue weighted by atomic mass is 9.71. The van der Waals surface area contributed by atoms with E-state index in [4.69, 9.17) is 14.6 Å². The summed E-state index contributed by atoms with van der Waals surface area (Å²) in [5, 5.41) is 11.9. The van der Waals surface area contributed by atoms with Crippen molar-refractivity contribution in [1.29, 1.82) is 0 Å². The van der Waals surface area contributed by atoms with Gasteiger partial charge in [-0.15, -0.1) is 11.3 Å². The Bertz CT molecular complexity index is 1320. The molecule has 1 saturated carbocycles. The van der Waals surface area contributed by atoms with Crippen molar-refractivity contribution in [2.24, 2.45) is 5.41 Å². The zero-order chi connectivity index (χ0) is 27.6. The number of methoxy groups -OCH3 is 1. The third kappa shape index (κ3) is 6.23. The van der Waals surface area contributed by atoms with E-state index in [0.717, 1.165) is 55.3 Å². The molecular formula is C28H32F2N2O4S2. The maximum atomic E-state index is 15.9. The van der Waals surface area contributed by atoms with Crippen LogP contribution in [0.4, 0.5) is 14.5 Å². The molecule has 1 aliphatic carbocycles. The Balaban J connectivity index is 1.57. The normalized spacial score (nSPS) is 15.5. The fraction of sp³-hybridized carbons (Fsp3) is 0.429. The van der Waals surface area contributed by atoms with Gasteiger partial charge in [-0.1, -0.05) is 19.9 Å². The summed E-state index contributed by atoms with van der Waals surface area (Å²) in [6.45, 7) is 8.35. The minimum absolute atomic E-state index is 0.173. The van der Waals surface area contributed by atoms with Crippen LogP contribution in [0.3, 0.4) is 0 Å². The molecule has 0 atom stereocenters. The van der Waals surface area contributed by atoms with Crippen molar-refractivity contribution in [2.75, 3.05) is 11.8 Å². The van der Waals surface area contributed by atoms with Crippen molar-refractivity contribution < 1.29 is 28.2 Å². The molecule has 2 N–H and O–H groups in total. The number of aromatic carboxylic acids is 1. The molecule has 1 heterocycles. The van der Waals surface area contributed by atoms with Gasteiger partial charge in [-0.3, -0.25) is 0 Å². The minimum Gasteiger partial charge on any atom is -0.495 e. The van der Waals surface area contributed by atoms with E-state index in [-0.39, 0.29) is 23.5 Å². The predicted molar refractivity (Wildman–Crippen MR) is 148 cm³/mol. The zero-order valence-electron chi connectivity index (χ0n) is 22.1. The van der Waals surface area contributed by atoms with Crippen molar-refractivity contribution in [2.45, 2.75) is 70.4 Å². The van der Waals surface area contributed by atoms with E-state index < -0.39 is 23.2 Å². The number of thiazole rings is 1. The largest absolute Gasteiger partial charge is 0.495 e. The number of benzene rings is 2. The molecule has 38 heavy (non-hydrogen) atoms. The van der Waals surface area contributed by atoms with E-state index in [2.05, 4.69) is 23.6 Å². The number of hydrogen-bond acceptors (Lipinski definition) is 7. The van der Waals surface area contributed by atoms with Crippen LogP contribution in [0.15, 0.2) is 34.7 Å². The van der Waals surface area contributed by atoms with Gasteiger partial charge in [-0.05, 0) is 63.0 Å². The molecule has 6 nitrogen and oxygen atoms in total. The number of hydrogen-bond donors (Lipinski definition) is 2. The second-order valence-electron chi connectivity index (χ2n) is 10.5. The van der Waals surface area contributed by atoms with Crippen LogP contribution in [0.25, 0.3) is 10.6 Å². The number of carboxylic acid groups (broad SMARTS) is 1. The second kappa shape index (κ2) is 11.5. The van der Waals surface area contributed by atoms with Gasteiger partial charge in [0, 0.05) is 29.0 Å². The number of halogens is 2. The average molecular weight is 563 g/mol. The first-order valence-corrected chi connectivity index (χ1v) is 14.2. The molecule has 1 aliphatic rings. The Morgan fingerprint density at radius 2 is 1.95 bits per heavy atom. The molecule has 0 aliphatic heterocycles.